The molecule has 1 amide bonds. The molecule has 0 atom stereocenters. The Hall–Kier alpha value is -2.16. The summed E-state index contributed by atoms with van der Waals surface area (Å²) in [5.74, 6) is 2.00. The van der Waals surface area contributed by atoms with Crippen LogP contribution in [-0.2, 0) is 17.8 Å². The van der Waals surface area contributed by atoms with Gasteiger partial charge in [-0.05, 0) is 6.92 Å². The van der Waals surface area contributed by atoms with Crippen molar-refractivity contribution in [2.24, 2.45) is 4.99 Å². The van der Waals surface area contributed by atoms with E-state index in [0.29, 0.717) is 0 Å². The third kappa shape index (κ3) is 6.29. The zero-order valence-corrected chi connectivity index (χ0v) is 16.2. The van der Waals surface area contributed by atoms with Gasteiger partial charge < -0.3 is 20.1 Å². The third-order valence-electron chi connectivity index (χ3n) is 4.51. The molecule has 2 rings (SSSR count). The predicted molar refractivity (Wildman–Crippen MR) is 102 cm³/mol. The van der Waals surface area contributed by atoms with Crippen molar-refractivity contribution in [1.29, 1.82) is 0 Å². The number of nitrogens with one attached hydrogen (secondary N) is 2. The molecule has 26 heavy (non-hydrogen) atoms. The number of carbonyl (C=O) groups is 1. The molecule has 1 aliphatic rings. The first-order chi connectivity index (χ1) is 12.6. The molecule has 1 aromatic heterocycles. The van der Waals surface area contributed by atoms with Crippen molar-refractivity contribution in [2.75, 3.05) is 52.4 Å². The van der Waals surface area contributed by atoms with Gasteiger partial charge in [0.05, 0.1) is 6.54 Å². The normalized spacial score (nSPS) is 16.0. The van der Waals surface area contributed by atoms with E-state index in [-0.39, 0.29) is 5.91 Å². The number of aryl methyl sites for hydroxylation is 1. The van der Waals surface area contributed by atoms with Crippen molar-refractivity contribution in [3.63, 3.8) is 0 Å². The number of hydrogen-bond acceptors (Lipinski definition) is 5. The van der Waals surface area contributed by atoms with Gasteiger partial charge in [0, 0.05) is 65.7 Å². The Morgan fingerprint density at radius 1 is 1.19 bits per heavy atom. The molecule has 2 heterocycles. The zero-order valence-electron chi connectivity index (χ0n) is 16.2. The molecule has 1 fully saturated rings. The van der Waals surface area contributed by atoms with E-state index in [4.69, 9.17) is 0 Å². The van der Waals surface area contributed by atoms with Crippen molar-refractivity contribution in [3.8, 4) is 0 Å². The number of aliphatic imine (C=N–C) groups is 1. The van der Waals surface area contributed by atoms with Crippen molar-refractivity contribution in [3.05, 3.63) is 12.2 Å². The van der Waals surface area contributed by atoms with Crippen LogP contribution >= 0.6 is 0 Å². The highest BCUT2D eigenvalue weighted by Crippen LogP contribution is 2.01. The second kappa shape index (κ2) is 10.7. The minimum Gasteiger partial charge on any atom is -0.357 e. The Morgan fingerprint density at radius 3 is 2.62 bits per heavy atom. The minimum absolute atomic E-state index is 0.167. The van der Waals surface area contributed by atoms with Crippen LogP contribution in [0.4, 0.5) is 0 Å². The van der Waals surface area contributed by atoms with Gasteiger partial charge in [0.1, 0.15) is 12.2 Å². The second-order valence-electron chi connectivity index (χ2n) is 6.33. The van der Waals surface area contributed by atoms with Gasteiger partial charge in [0.25, 0.3) is 0 Å². The number of guanidine groups is 1. The lowest BCUT2D eigenvalue weighted by Gasteiger charge is -2.33. The summed E-state index contributed by atoms with van der Waals surface area (Å²) in [6.07, 6.45) is 2.65. The molecule has 9 heteroatoms. The minimum atomic E-state index is 0.167. The average Bonchev–Trinajstić information content (AvgIpc) is 3.09. The topological polar surface area (TPSA) is 90.7 Å². The lowest BCUT2D eigenvalue weighted by Crippen LogP contribution is -2.48. The standard InChI is InChI=1S/C17H32N8O/c1-4-16-22-21-14-25(16)9-7-20-17(18-5-2)19-6-8-23-10-12-24(13-11-23)15(3)26/h14H,4-13H2,1-3H3,(H2,18,19,20). The SMILES string of the molecule is CCNC(=NCCN1CCN(C(C)=O)CC1)NCCn1cnnc1CC. The van der Waals surface area contributed by atoms with Crippen LogP contribution in [0.1, 0.15) is 26.6 Å². The molecule has 0 bridgehead atoms. The van der Waals surface area contributed by atoms with Crippen molar-refractivity contribution < 1.29 is 4.79 Å². The van der Waals surface area contributed by atoms with E-state index in [0.717, 1.165) is 77.1 Å². The summed E-state index contributed by atoms with van der Waals surface area (Å²) in [5.41, 5.74) is 0. The van der Waals surface area contributed by atoms with Gasteiger partial charge >= 0.3 is 0 Å². The number of nitrogens with zero attached hydrogens (tertiary/aromatic N) is 6. The summed E-state index contributed by atoms with van der Waals surface area (Å²) in [4.78, 5) is 20.3. The summed E-state index contributed by atoms with van der Waals surface area (Å²) >= 11 is 0. The fourth-order valence-electron chi connectivity index (χ4n) is 2.97. The van der Waals surface area contributed by atoms with Crippen LogP contribution < -0.4 is 10.6 Å². The van der Waals surface area contributed by atoms with E-state index in [1.807, 2.05) is 4.90 Å². The first-order valence-corrected chi connectivity index (χ1v) is 9.50. The van der Waals surface area contributed by atoms with E-state index in [1.165, 1.54) is 0 Å². The van der Waals surface area contributed by atoms with Crippen molar-refractivity contribution in [1.82, 2.24) is 35.2 Å². The van der Waals surface area contributed by atoms with Gasteiger partial charge in [0.15, 0.2) is 5.96 Å². The molecular weight excluding hydrogens is 332 g/mol. The van der Waals surface area contributed by atoms with Crippen LogP contribution in [0.5, 0.6) is 0 Å². The molecule has 1 aliphatic heterocycles. The molecule has 0 aromatic carbocycles. The Morgan fingerprint density at radius 2 is 1.96 bits per heavy atom. The Kier molecular flexibility index (Phi) is 8.33. The largest absolute Gasteiger partial charge is 0.357 e. The molecule has 0 radical (unpaired) electrons. The van der Waals surface area contributed by atoms with Crippen molar-refractivity contribution in [2.45, 2.75) is 33.7 Å². The number of amides is 1. The molecule has 2 N–H and O–H groups in total. The average molecular weight is 364 g/mol. The summed E-state index contributed by atoms with van der Waals surface area (Å²) < 4.78 is 2.06. The predicted octanol–water partition coefficient (Wildman–Crippen LogP) is -0.440. The first-order valence-electron chi connectivity index (χ1n) is 9.50. The molecule has 0 spiro atoms. The summed E-state index contributed by atoms with van der Waals surface area (Å²) in [5, 5.41) is 14.7. The zero-order chi connectivity index (χ0) is 18.8. The maximum atomic E-state index is 11.4. The smallest absolute Gasteiger partial charge is 0.219 e. The van der Waals surface area contributed by atoms with Crippen LogP contribution in [0.2, 0.25) is 0 Å². The number of hydrogen-bond donors (Lipinski definition) is 2. The van der Waals surface area contributed by atoms with Gasteiger partial charge in [-0.3, -0.25) is 14.7 Å². The van der Waals surface area contributed by atoms with Gasteiger partial charge in [-0.25, -0.2) is 0 Å². The van der Waals surface area contributed by atoms with Crippen LogP contribution in [0.15, 0.2) is 11.3 Å². The Labute approximate surface area is 155 Å². The highest BCUT2D eigenvalue weighted by molar-refractivity contribution is 5.79. The molecule has 146 valence electrons. The fourth-order valence-corrected chi connectivity index (χ4v) is 2.97. The summed E-state index contributed by atoms with van der Waals surface area (Å²) in [6.45, 7) is 13.3. The molecule has 1 saturated heterocycles. The van der Waals surface area contributed by atoms with E-state index < -0.39 is 0 Å². The lowest BCUT2D eigenvalue weighted by molar-refractivity contribution is -0.130. The third-order valence-corrected chi connectivity index (χ3v) is 4.51. The molecule has 0 unspecified atom stereocenters. The molecule has 0 saturated carbocycles. The van der Waals surface area contributed by atoms with E-state index in [9.17, 15) is 4.79 Å². The van der Waals surface area contributed by atoms with Gasteiger partial charge in [-0.15, -0.1) is 10.2 Å². The van der Waals surface area contributed by atoms with Crippen LogP contribution in [0, 0.1) is 0 Å². The maximum Gasteiger partial charge on any atom is 0.219 e. The van der Waals surface area contributed by atoms with E-state index >= 15 is 0 Å². The number of rotatable bonds is 8. The number of piperazine rings is 1. The molecule has 1 aromatic rings. The van der Waals surface area contributed by atoms with Gasteiger partial charge in [-0.1, -0.05) is 6.92 Å². The molecule has 0 aliphatic carbocycles. The Balaban J connectivity index is 1.71. The van der Waals surface area contributed by atoms with E-state index in [2.05, 4.69) is 49.1 Å². The highest BCUT2D eigenvalue weighted by Gasteiger charge is 2.17. The highest BCUT2D eigenvalue weighted by atomic mass is 16.2. The molecular formula is C17H32N8O. The van der Waals surface area contributed by atoms with Gasteiger partial charge in [-0.2, -0.15) is 0 Å². The summed E-state index contributed by atoms with van der Waals surface area (Å²) in [6, 6.07) is 0. The fraction of sp³-hybridized carbons (Fsp3) is 0.765. The van der Waals surface area contributed by atoms with Crippen molar-refractivity contribution >= 4 is 11.9 Å². The second-order valence-corrected chi connectivity index (χ2v) is 6.33. The number of carbonyl (C=O) groups excluding carboxylic acids is 1. The van der Waals surface area contributed by atoms with Crippen LogP contribution in [-0.4, -0.2) is 88.8 Å². The number of aromatic nitrogens is 3. The lowest BCUT2D eigenvalue weighted by atomic mass is 10.3. The Bertz CT molecular complexity index is 577. The maximum absolute atomic E-state index is 11.4. The van der Waals surface area contributed by atoms with Crippen LogP contribution in [0.25, 0.3) is 0 Å². The summed E-state index contributed by atoms with van der Waals surface area (Å²) in [7, 11) is 0. The molecule has 9 nitrogen and oxygen atoms in total. The van der Waals surface area contributed by atoms with E-state index in [1.54, 1.807) is 13.3 Å². The first kappa shape index (κ1) is 20.2. The monoisotopic (exact) mass is 364 g/mol. The van der Waals surface area contributed by atoms with Gasteiger partial charge in [0.2, 0.25) is 5.91 Å². The van der Waals surface area contributed by atoms with Crippen LogP contribution in [0.3, 0.4) is 0 Å². The quantitative estimate of drug-likeness (QED) is 0.480.